The van der Waals surface area contributed by atoms with E-state index in [9.17, 15) is 9.90 Å². The highest BCUT2D eigenvalue weighted by Gasteiger charge is 2.45. The van der Waals surface area contributed by atoms with Crippen molar-refractivity contribution >= 4 is 5.97 Å². The van der Waals surface area contributed by atoms with Gasteiger partial charge < -0.3 is 10.0 Å². The lowest BCUT2D eigenvalue weighted by Crippen LogP contribution is -2.43. The van der Waals surface area contributed by atoms with Gasteiger partial charge in [-0.2, -0.15) is 0 Å². The number of rotatable bonds is 3. The Kier molecular flexibility index (Phi) is 5.18. The van der Waals surface area contributed by atoms with E-state index in [1.807, 2.05) is 6.92 Å². The smallest absolute Gasteiger partial charge is 0.306 e. The quantitative estimate of drug-likeness (QED) is 0.779. The summed E-state index contributed by atoms with van der Waals surface area (Å²) in [4.78, 5) is 14.1. The molecule has 0 amide bonds. The summed E-state index contributed by atoms with van der Waals surface area (Å²) >= 11 is 0. The largest absolute Gasteiger partial charge is 0.481 e. The molecule has 1 heterocycles. The van der Waals surface area contributed by atoms with Crippen LogP contribution in [0.2, 0.25) is 0 Å². The van der Waals surface area contributed by atoms with E-state index in [0.29, 0.717) is 12.0 Å². The van der Waals surface area contributed by atoms with E-state index in [2.05, 4.69) is 53.4 Å². The molecule has 158 valence electrons. The van der Waals surface area contributed by atoms with E-state index < -0.39 is 5.97 Å². The van der Waals surface area contributed by atoms with E-state index in [4.69, 9.17) is 0 Å². The van der Waals surface area contributed by atoms with E-state index in [1.165, 1.54) is 36.0 Å². The van der Waals surface area contributed by atoms with Crippen LogP contribution in [0, 0.1) is 11.8 Å². The fraction of sp³-hybridized carbons (Fsp3) is 0.519. The molecule has 1 saturated carbocycles. The second kappa shape index (κ2) is 7.85. The van der Waals surface area contributed by atoms with Crippen LogP contribution in [0.3, 0.4) is 0 Å². The fourth-order valence-electron chi connectivity index (χ4n) is 6.56. The van der Waals surface area contributed by atoms with Crippen LogP contribution in [-0.4, -0.2) is 35.1 Å². The van der Waals surface area contributed by atoms with Gasteiger partial charge in [0.25, 0.3) is 0 Å². The van der Waals surface area contributed by atoms with E-state index in [-0.39, 0.29) is 11.3 Å². The standard InChI is InChI=1S/C27H33NO2/c1-19(26(29)30)20-11-14-28(15-12-20)24-10-13-27(18-24)17-23-8-3-2-6-21(23)16-22-7-4-5-9-25(22)27/h2-9,19-20,24H,10-18H2,1H3,(H,29,30). The first-order chi connectivity index (χ1) is 14.6. The number of carbonyl (C=O) groups is 1. The van der Waals surface area contributed by atoms with Gasteiger partial charge in [-0.25, -0.2) is 0 Å². The van der Waals surface area contributed by atoms with Crippen LogP contribution in [0.25, 0.3) is 0 Å². The Morgan fingerprint density at radius 3 is 2.40 bits per heavy atom. The van der Waals surface area contributed by atoms with E-state index in [1.54, 1.807) is 5.56 Å². The lowest BCUT2D eigenvalue weighted by molar-refractivity contribution is -0.143. The second-order valence-corrected chi connectivity index (χ2v) is 9.96. The molecule has 3 heteroatoms. The van der Waals surface area contributed by atoms with Crippen LogP contribution in [0.15, 0.2) is 48.5 Å². The highest BCUT2D eigenvalue weighted by Crippen LogP contribution is 2.49. The molecule has 2 aromatic rings. The molecule has 1 N–H and O–H groups in total. The highest BCUT2D eigenvalue weighted by atomic mass is 16.4. The third-order valence-electron chi connectivity index (χ3n) is 8.39. The van der Waals surface area contributed by atoms with Gasteiger partial charge in [-0.05, 0) is 86.2 Å². The number of carboxylic acid groups (broad SMARTS) is 1. The van der Waals surface area contributed by atoms with Gasteiger partial charge in [0.1, 0.15) is 0 Å². The van der Waals surface area contributed by atoms with Gasteiger partial charge in [-0.1, -0.05) is 55.5 Å². The van der Waals surface area contributed by atoms with E-state index in [0.717, 1.165) is 38.8 Å². The Labute approximate surface area is 180 Å². The molecular weight excluding hydrogens is 370 g/mol. The van der Waals surface area contributed by atoms with E-state index >= 15 is 0 Å². The number of nitrogens with zero attached hydrogens (tertiary/aromatic N) is 1. The Bertz CT molecular complexity index is 930. The predicted molar refractivity (Wildman–Crippen MR) is 120 cm³/mol. The second-order valence-electron chi connectivity index (χ2n) is 9.96. The Hall–Kier alpha value is -2.13. The molecule has 5 rings (SSSR count). The summed E-state index contributed by atoms with van der Waals surface area (Å²) in [6.45, 7) is 4.00. The van der Waals surface area contributed by atoms with Crippen LogP contribution in [0.4, 0.5) is 0 Å². The summed E-state index contributed by atoms with van der Waals surface area (Å²) in [6.07, 6.45) is 8.01. The molecule has 0 bridgehead atoms. The zero-order valence-corrected chi connectivity index (χ0v) is 18.0. The Morgan fingerprint density at radius 2 is 1.67 bits per heavy atom. The maximum atomic E-state index is 11.4. The monoisotopic (exact) mass is 403 g/mol. The van der Waals surface area contributed by atoms with Crippen molar-refractivity contribution in [1.29, 1.82) is 0 Å². The lowest BCUT2D eigenvalue weighted by atomic mass is 9.73. The zero-order chi connectivity index (χ0) is 20.7. The number of fused-ring (bicyclic) bond motifs is 3. The third-order valence-corrected chi connectivity index (χ3v) is 8.39. The topological polar surface area (TPSA) is 40.5 Å². The van der Waals surface area contributed by atoms with Crippen LogP contribution in [-0.2, 0) is 23.1 Å². The summed E-state index contributed by atoms with van der Waals surface area (Å²) < 4.78 is 0. The number of piperidine rings is 1. The van der Waals surface area contributed by atoms with Crippen LogP contribution >= 0.6 is 0 Å². The maximum Gasteiger partial charge on any atom is 0.306 e. The molecule has 3 unspecified atom stereocenters. The molecule has 3 atom stereocenters. The molecule has 2 aliphatic carbocycles. The van der Waals surface area contributed by atoms with Crippen molar-refractivity contribution in [3.63, 3.8) is 0 Å². The molecule has 2 fully saturated rings. The third kappa shape index (κ3) is 3.47. The van der Waals surface area contributed by atoms with Crippen LogP contribution < -0.4 is 0 Å². The maximum absolute atomic E-state index is 11.4. The van der Waals surface area contributed by atoms with Gasteiger partial charge in [-0.15, -0.1) is 0 Å². The molecule has 30 heavy (non-hydrogen) atoms. The summed E-state index contributed by atoms with van der Waals surface area (Å²) in [7, 11) is 0. The number of carboxylic acids is 1. The van der Waals surface area contributed by atoms with Crippen LogP contribution in [0.5, 0.6) is 0 Å². The minimum Gasteiger partial charge on any atom is -0.481 e. The molecule has 2 aromatic carbocycles. The predicted octanol–water partition coefficient (Wildman–Crippen LogP) is 5.06. The number of hydrogen-bond donors (Lipinski definition) is 1. The summed E-state index contributed by atoms with van der Waals surface area (Å²) in [5, 5.41) is 9.36. The van der Waals surface area contributed by atoms with Crippen molar-refractivity contribution in [2.24, 2.45) is 11.8 Å². The normalized spacial score (nSPS) is 28.0. The molecule has 1 saturated heterocycles. The lowest BCUT2D eigenvalue weighted by Gasteiger charge is -2.38. The number of hydrogen-bond acceptors (Lipinski definition) is 2. The van der Waals surface area contributed by atoms with Gasteiger partial charge in [0.05, 0.1) is 5.92 Å². The Morgan fingerprint density at radius 1 is 1.00 bits per heavy atom. The number of likely N-dealkylation sites (tertiary alicyclic amines) is 1. The first kappa shape index (κ1) is 19.8. The SMILES string of the molecule is CC(C(=O)O)C1CCN(C2CCC3(Cc4ccccc4Cc4ccccc43)C2)CC1. The summed E-state index contributed by atoms with van der Waals surface area (Å²) in [6, 6.07) is 18.8. The van der Waals surface area contributed by atoms with Crippen molar-refractivity contribution in [2.45, 2.75) is 63.3 Å². The zero-order valence-electron chi connectivity index (χ0n) is 18.0. The number of aliphatic carboxylic acids is 1. The minimum atomic E-state index is -0.637. The Balaban J connectivity index is 1.37. The molecule has 1 aliphatic heterocycles. The molecule has 3 nitrogen and oxygen atoms in total. The van der Waals surface area contributed by atoms with Gasteiger partial charge in [-0.3, -0.25) is 4.79 Å². The summed E-state index contributed by atoms with van der Waals surface area (Å²) in [5.41, 5.74) is 6.37. The highest BCUT2D eigenvalue weighted by molar-refractivity contribution is 5.69. The van der Waals surface area contributed by atoms with Crippen molar-refractivity contribution in [3.05, 3.63) is 70.8 Å². The molecule has 1 spiro atoms. The van der Waals surface area contributed by atoms with Crippen molar-refractivity contribution in [1.82, 2.24) is 4.90 Å². The van der Waals surface area contributed by atoms with Gasteiger partial charge in [0.15, 0.2) is 0 Å². The minimum absolute atomic E-state index is 0.215. The first-order valence-corrected chi connectivity index (χ1v) is 11.7. The molecule has 0 radical (unpaired) electrons. The molecular formula is C27H33NO2. The van der Waals surface area contributed by atoms with Crippen molar-refractivity contribution in [3.8, 4) is 0 Å². The number of benzene rings is 2. The van der Waals surface area contributed by atoms with Gasteiger partial charge in [0, 0.05) is 11.5 Å². The first-order valence-electron chi connectivity index (χ1n) is 11.7. The van der Waals surface area contributed by atoms with Gasteiger partial charge >= 0.3 is 5.97 Å². The molecule has 0 aromatic heterocycles. The summed E-state index contributed by atoms with van der Waals surface area (Å²) in [5.74, 6) is -0.520. The van der Waals surface area contributed by atoms with Crippen molar-refractivity contribution in [2.75, 3.05) is 13.1 Å². The van der Waals surface area contributed by atoms with Gasteiger partial charge in [0.2, 0.25) is 0 Å². The van der Waals surface area contributed by atoms with Crippen molar-refractivity contribution < 1.29 is 9.90 Å². The average molecular weight is 404 g/mol. The molecule has 3 aliphatic rings. The fourth-order valence-corrected chi connectivity index (χ4v) is 6.56. The van der Waals surface area contributed by atoms with Crippen LogP contribution in [0.1, 0.15) is 61.3 Å². The average Bonchev–Trinajstić information content (AvgIpc) is 3.13.